The van der Waals surface area contributed by atoms with Gasteiger partial charge in [0.1, 0.15) is 0 Å². The zero-order chi connectivity index (χ0) is 12.1. The Hall–Kier alpha value is -1.83. The molecule has 2 rings (SSSR count). The van der Waals surface area contributed by atoms with Crippen LogP contribution in [0.25, 0.3) is 0 Å². The van der Waals surface area contributed by atoms with Gasteiger partial charge in [0.25, 0.3) is 0 Å². The molecule has 0 aliphatic rings. The summed E-state index contributed by atoms with van der Waals surface area (Å²) >= 11 is 1.28. The molecule has 3 N–H and O–H groups in total. The maximum Gasteiger partial charge on any atom is 0.228 e. The van der Waals surface area contributed by atoms with Crippen molar-refractivity contribution >= 4 is 22.4 Å². The molecule has 8 heteroatoms. The third-order valence-corrected chi connectivity index (χ3v) is 2.79. The molecule has 0 aliphatic carbocycles. The van der Waals surface area contributed by atoms with Crippen LogP contribution in [0.1, 0.15) is 12.8 Å². The van der Waals surface area contributed by atoms with Gasteiger partial charge in [0.2, 0.25) is 5.89 Å². The summed E-state index contributed by atoms with van der Waals surface area (Å²) in [6.07, 6.45) is 2.02. The molecule has 0 saturated heterocycles. The number of hydrogen-bond donors (Lipinski definition) is 2. The fourth-order valence-corrected chi connectivity index (χ4v) is 1.97. The Balaban J connectivity index is 1.90. The van der Waals surface area contributed by atoms with Crippen LogP contribution in [-0.4, -0.2) is 27.7 Å². The van der Waals surface area contributed by atoms with Crippen molar-refractivity contribution in [1.29, 1.82) is 0 Å². The Morgan fingerprint density at radius 1 is 1.59 bits per heavy atom. The molecule has 17 heavy (non-hydrogen) atoms. The number of nitrogen functional groups attached to an aromatic ring is 1. The number of nitrogens with zero attached hydrogens (tertiary/aromatic N) is 3. The van der Waals surface area contributed by atoms with Gasteiger partial charge >= 0.3 is 0 Å². The molecule has 2 aromatic heterocycles. The molecule has 7 nitrogen and oxygen atoms in total. The predicted molar refractivity (Wildman–Crippen MR) is 64.2 cm³/mol. The van der Waals surface area contributed by atoms with Crippen LogP contribution in [0.15, 0.2) is 10.9 Å². The van der Waals surface area contributed by atoms with Crippen molar-refractivity contribution in [3.8, 4) is 5.75 Å². The number of ether oxygens (including phenoxy) is 1. The highest BCUT2D eigenvalue weighted by Crippen LogP contribution is 2.34. The Morgan fingerprint density at radius 2 is 2.47 bits per heavy atom. The summed E-state index contributed by atoms with van der Waals surface area (Å²) in [6.45, 7) is 3.12. The van der Waals surface area contributed by atoms with E-state index in [1.807, 2.05) is 6.92 Å². The number of nitrogens with one attached hydrogen (secondary N) is 1. The van der Waals surface area contributed by atoms with Crippen molar-refractivity contribution in [3.63, 3.8) is 0 Å². The lowest BCUT2D eigenvalue weighted by atomic mass is 10.4. The van der Waals surface area contributed by atoms with Crippen LogP contribution in [0.2, 0.25) is 0 Å². The highest BCUT2D eigenvalue weighted by atomic mass is 32.1. The normalized spacial score (nSPS) is 10.4. The second-order valence-corrected chi connectivity index (χ2v) is 3.94. The average molecular weight is 255 g/mol. The molecule has 0 radical (unpaired) electrons. The largest absolute Gasteiger partial charge is 0.487 e. The number of rotatable bonds is 6. The minimum atomic E-state index is 0.414. The molecule has 0 bridgehead atoms. The van der Waals surface area contributed by atoms with Gasteiger partial charge < -0.3 is 20.3 Å². The number of anilines is 2. The standard InChI is InChI=1S/C9H13N5O2S/c1-2-15-7-8(10)14-17-9(7)11-4-3-6-12-5-13-16-6/h5,11H,2-4H2,1H3,(H2,10,14). The fourth-order valence-electron chi connectivity index (χ4n) is 1.28. The first-order valence-electron chi connectivity index (χ1n) is 5.18. The van der Waals surface area contributed by atoms with E-state index in [2.05, 4.69) is 19.8 Å². The molecule has 0 aliphatic heterocycles. The molecule has 0 saturated carbocycles. The zero-order valence-electron chi connectivity index (χ0n) is 9.34. The molecule has 0 spiro atoms. The number of hydrogen-bond acceptors (Lipinski definition) is 8. The monoisotopic (exact) mass is 255 g/mol. The van der Waals surface area contributed by atoms with E-state index in [0.29, 0.717) is 37.0 Å². The third kappa shape index (κ3) is 2.84. The van der Waals surface area contributed by atoms with Gasteiger partial charge in [0.05, 0.1) is 6.61 Å². The smallest absolute Gasteiger partial charge is 0.228 e. The van der Waals surface area contributed by atoms with E-state index in [0.717, 1.165) is 5.00 Å². The van der Waals surface area contributed by atoms with Gasteiger partial charge in [0.15, 0.2) is 22.9 Å². The maximum atomic E-state index is 5.69. The van der Waals surface area contributed by atoms with Crippen molar-refractivity contribution in [3.05, 3.63) is 12.2 Å². The van der Waals surface area contributed by atoms with Crippen LogP contribution in [0.5, 0.6) is 5.75 Å². The molecular weight excluding hydrogens is 242 g/mol. The van der Waals surface area contributed by atoms with Crippen molar-refractivity contribution in [1.82, 2.24) is 14.5 Å². The predicted octanol–water partition coefficient (Wildman–Crippen LogP) is 1.16. The third-order valence-electron chi connectivity index (χ3n) is 1.99. The number of nitrogens with two attached hydrogens (primary N) is 1. The highest BCUT2D eigenvalue weighted by Gasteiger charge is 2.12. The minimum absolute atomic E-state index is 0.414. The van der Waals surface area contributed by atoms with Crippen LogP contribution in [-0.2, 0) is 6.42 Å². The van der Waals surface area contributed by atoms with E-state index in [1.165, 1.54) is 17.9 Å². The highest BCUT2D eigenvalue weighted by molar-refractivity contribution is 7.11. The van der Waals surface area contributed by atoms with Crippen molar-refractivity contribution in [2.24, 2.45) is 0 Å². The number of aromatic nitrogens is 3. The van der Waals surface area contributed by atoms with Crippen molar-refractivity contribution in [2.45, 2.75) is 13.3 Å². The van der Waals surface area contributed by atoms with E-state index in [9.17, 15) is 0 Å². The summed E-state index contributed by atoms with van der Waals surface area (Å²) in [5.74, 6) is 1.62. The summed E-state index contributed by atoms with van der Waals surface area (Å²) in [5.41, 5.74) is 5.69. The van der Waals surface area contributed by atoms with Crippen LogP contribution in [0.4, 0.5) is 10.8 Å². The summed E-state index contributed by atoms with van der Waals surface area (Å²) < 4.78 is 14.3. The summed E-state index contributed by atoms with van der Waals surface area (Å²) in [4.78, 5) is 3.93. The average Bonchev–Trinajstić information content (AvgIpc) is 2.93. The van der Waals surface area contributed by atoms with E-state index in [-0.39, 0.29) is 0 Å². The van der Waals surface area contributed by atoms with Crippen LogP contribution < -0.4 is 15.8 Å². The molecule has 0 aromatic carbocycles. The Kier molecular flexibility index (Phi) is 3.76. The van der Waals surface area contributed by atoms with E-state index in [4.69, 9.17) is 15.0 Å². The van der Waals surface area contributed by atoms with E-state index >= 15 is 0 Å². The molecule has 0 unspecified atom stereocenters. The zero-order valence-corrected chi connectivity index (χ0v) is 10.2. The van der Waals surface area contributed by atoms with Gasteiger partial charge in [-0.05, 0) is 18.5 Å². The SMILES string of the molecule is CCOc1c(N)nsc1NCCc1ncno1. The summed E-state index contributed by atoms with van der Waals surface area (Å²) in [7, 11) is 0. The fraction of sp³-hybridized carbons (Fsp3) is 0.444. The topological polar surface area (TPSA) is 99.1 Å². The van der Waals surface area contributed by atoms with Gasteiger partial charge in [0, 0.05) is 13.0 Å². The first-order valence-corrected chi connectivity index (χ1v) is 5.96. The lowest BCUT2D eigenvalue weighted by Crippen LogP contribution is -2.05. The van der Waals surface area contributed by atoms with Gasteiger partial charge in [-0.2, -0.15) is 9.36 Å². The molecule has 0 atom stereocenters. The Bertz CT molecular complexity index is 456. The summed E-state index contributed by atoms with van der Waals surface area (Å²) in [5, 5.41) is 7.53. The Labute approximate surface area is 102 Å². The van der Waals surface area contributed by atoms with Gasteiger partial charge in [-0.3, -0.25) is 0 Å². The molecule has 2 heterocycles. The quantitative estimate of drug-likeness (QED) is 0.799. The Morgan fingerprint density at radius 3 is 3.18 bits per heavy atom. The molecular formula is C9H13N5O2S. The van der Waals surface area contributed by atoms with E-state index in [1.54, 1.807) is 0 Å². The first-order chi connectivity index (χ1) is 8.31. The summed E-state index contributed by atoms with van der Waals surface area (Å²) in [6, 6.07) is 0. The lowest BCUT2D eigenvalue weighted by molar-refractivity contribution is 0.344. The van der Waals surface area contributed by atoms with Crippen molar-refractivity contribution < 1.29 is 9.26 Å². The second kappa shape index (κ2) is 5.48. The first kappa shape index (κ1) is 11.6. The van der Waals surface area contributed by atoms with Gasteiger partial charge in [-0.15, -0.1) is 0 Å². The van der Waals surface area contributed by atoms with Crippen LogP contribution in [0.3, 0.4) is 0 Å². The maximum absolute atomic E-state index is 5.69. The molecule has 0 fully saturated rings. The van der Waals surface area contributed by atoms with Crippen LogP contribution >= 0.6 is 11.5 Å². The van der Waals surface area contributed by atoms with Crippen LogP contribution in [0, 0.1) is 0 Å². The van der Waals surface area contributed by atoms with Gasteiger partial charge in [-0.25, -0.2) is 0 Å². The van der Waals surface area contributed by atoms with Crippen molar-refractivity contribution in [2.75, 3.05) is 24.2 Å². The second-order valence-electron chi connectivity index (χ2n) is 3.17. The lowest BCUT2D eigenvalue weighted by Gasteiger charge is -2.05. The van der Waals surface area contributed by atoms with E-state index < -0.39 is 0 Å². The van der Waals surface area contributed by atoms with Gasteiger partial charge in [-0.1, -0.05) is 5.16 Å². The molecule has 92 valence electrons. The minimum Gasteiger partial charge on any atom is -0.487 e. The molecule has 2 aromatic rings. The molecule has 0 amide bonds.